The Morgan fingerprint density at radius 3 is 2.72 bits per heavy atom. The number of ketones is 1. The number of hydrogen-bond donors (Lipinski definition) is 0. The minimum atomic E-state index is -0.451. The first kappa shape index (κ1) is 20.9. The smallest absolute Gasteiger partial charge is 0.258 e. The molecule has 1 saturated carbocycles. The van der Waals surface area contributed by atoms with Gasteiger partial charge in [0.25, 0.3) is 5.91 Å². The van der Waals surface area contributed by atoms with Crippen LogP contribution >= 0.6 is 11.6 Å². The summed E-state index contributed by atoms with van der Waals surface area (Å²) in [5.41, 5.74) is 4.38. The zero-order valence-electron chi connectivity index (χ0n) is 17.8. The van der Waals surface area contributed by atoms with Crippen molar-refractivity contribution < 1.29 is 14.0 Å². The largest absolute Gasteiger partial charge is 0.304 e. The van der Waals surface area contributed by atoms with E-state index in [9.17, 15) is 14.0 Å². The van der Waals surface area contributed by atoms with Crippen LogP contribution in [0.1, 0.15) is 52.0 Å². The van der Waals surface area contributed by atoms with Gasteiger partial charge in [-0.25, -0.2) is 4.39 Å². The van der Waals surface area contributed by atoms with Crippen molar-refractivity contribution in [3.8, 4) is 0 Å². The average molecular weight is 452 g/mol. The van der Waals surface area contributed by atoms with E-state index in [1.165, 1.54) is 6.07 Å². The van der Waals surface area contributed by atoms with Crippen molar-refractivity contribution in [3.63, 3.8) is 0 Å². The van der Waals surface area contributed by atoms with Crippen LogP contribution in [0.15, 0.2) is 42.6 Å². The molecule has 2 aliphatic rings. The highest BCUT2D eigenvalue weighted by Crippen LogP contribution is 2.34. The number of Topliss-reactive ketones (excluding diaryl/α,β-unsaturated/α-hetero) is 1. The van der Waals surface area contributed by atoms with Gasteiger partial charge in [-0.3, -0.25) is 14.3 Å². The molecule has 0 unspecified atom stereocenters. The van der Waals surface area contributed by atoms with Crippen LogP contribution < -0.4 is 4.90 Å². The maximum Gasteiger partial charge on any atom is 0.258 e. The van der Waals surface area contributed by atoms with Gasteiger partial charge < -0.3 is 4.90 Å². The third kappa shape index (κ3) is 3.95. The molecule has 164 valence electrons. The molecular weight excluding hydrogens is 429 g/mol. The first-order valence-electron chi connectivity index (χ1n) is 10.8. The molecule has 1 amide bonds. The fraction of sp³-hybridized carbons (Fsp3) is 0.320. The molecule has 0 radical (unpaired) electrons. The first-order chi connectivity index (χ1) is 15.4. The summed E-state index contributed by atoms with van der Waals surface area (Å²) < 4.78 is 16.6. The number of fused-ring (bicyclic) bond motifs is 2. The highest BCUT2D eigenvalue weighted by Gasteiger charge is 2.29. The number of aryl methyl sites for hydroxylation is 2. The normalized spacial score (nSPS) is 15.2. The third-order valence-corrected chi connectivity index (χ3v) is 6.62. The molecule has 7 heteroatoms. The van der Waals surface area contributed by atoms with Gasteiger partial charge in [0.15, 0.2) is 0 Å². The Morgan fingerprint density at radius 1 is 1.16 bits per heavy atom. The highest BCUT2D eigenvalue weighted by atomic mass is 35.5. The van der Waals surface area contributed by atoms with Crippen molar-refractivity contribution in [2.45, 2.75) is 38.6 Å². The van der Waals surface area contributed by atoms with Crippen LogP contribution in [-0.4, -0.2) is 21.5 Å². The summed E-state index contributed by atoms with van der Waals surface area (Å²) in [6, 6.07) is 10.0. The Morgan fingerprint density at radius 2 is 1.97 bits per heavy atom. The van der Waals surface area contributed by atoms with Gasteiger partial charge in [0.1, 0.15) is 11.6 Å². The molecule has 1 aromatic heterocycles. The molecule has 0 atom stereocenters. The van der Waals surface area contributed by atoms with Gasteiger partial charge in [0.05, 0.1) is 12.7 Å². The molecule has 2 aromatic carbocycles. The van der Waals surface area contributed by atoms with Crippen LogP contribution in [-0.2, 0) is 31.2 Å². The van der Waals surface area contributed by atoms with E-state index in [1.54, 1.807) is 29.3 Å². The van der Waals surface area contributed by atoms with Crippen LogP contribution in [0.3, 0.4) is 0 Å². The van der Waals surface area contributed by atoms with E-state index in [4.69, 9.17) is 11.6 Å². The zero-order chi connectivity index (χ0) is 22.4. The van der Waals surface area contributed by atoms with E-state index in [0.717, 1.165) is 35.3 Å². The van der Waals surface area contributed by atoms with Gasteiger partial charge in [0, 0.05) is 53.3 Å². The molecule has 1 aliphatic heterocycles. The van der Waals surface area contributed by atoms with Gasteiger partial charge >= 0.3 is 0 Å². The lowest BCUT2D eigenvalue weighted by molar-refractivity contribution is -0.120. The molecular formula is C25H23ClFN3O2. The number of rotatable bonds is 5. The van der Waals surface area contributed by atoms with E-state index in [1.807, 2.05) is 23.9 Å². The van der Waals surface area contributed by atoms with Crippen LogP contribution in [0.5, 0.6) is 0 Å². The standard InChI is InChI=1S/C25H23ClFN3O2/c1-29-23-12-18-10-20(26)7-8-22(18)30(14-19(23)13-28-29)25(32)17-5-2-15(21(27)11-17)6-9-24(31)16-3-4-16/h2,5,7-8,10-11,13,16H,3-4,6,9,12,14H2,1H3. The number of carbonyl (C=O) groups excluding carboxylic acids is 2. The Hall–Kier alpha value is -2.99. The second-order valence-electron chi connectivity index (χ2n) is 8.63. The van der Waals surface area contributed by atoms with Crippen molar-refractivity contribution in [3.05, 3.63) is 81.4 Å². The van der Waals surface area contributed by atoms with Crippen molar-refractivity contribution in [2.24, 2.45) is 13.0 Å². The third-order valence-electron chi connectivity index (χ3n) is 6.39. The molecule has 0 N–H and O–H groups in total. The number of hydrogen-bond acceptors (Lipinski definition) is 3. The second kappa shape index (κ2) is 8.17. The number of benzene rings is 2. The van der Waals surface area contributed by atoms with Crippen molar-refractivity contribution in [2.75, 3.05) is 4.90 Å². The van der Waals surface area contributed by atoms with E-state index >= 15 is 0 Å². The van der Waals surface area contributed by atoms with E-state index in [2.05, 4.69) is 5.10 Å². The SMILES string of the molecule is Cn1ncc2c1Cc1cc(Cl)ccc1N(C(=O)c1ccc(CCC(=O)C3CC3)c(F)c1)C2. The number of nitrogens with zero attached hydrogens (tertiary/aromatic N) is 3. The van der Waals surface area contributed by atoms with E-state index in [-0.39, 0.29) is 23.2 Å². The monoisotopic (exact) mass is 451 g/mol. The molecule has 5 nitrogen and oxygen atoms in total. The van der Waals surface area contributed by atoms with Gasteiger partial charge in [-0.15, -0.1) is 0 Å². The number of amides is 1. The van der Waals surface area contributed by atoms with Gasteiger partial charge in [0.2, 0.25) is 0 Å². The topological polar surface area (TPSA) is 55.2 Å². The molecule has 3 aromatic rings. The van der Waals surface area contributed by atoms with Crippen molar-refractivity contribution in [1.29, 1.82) is 0 Å². The predicted octanol–water partition coefficient (Wildman–Crippen LogP) is 4.88. The number of carbonyl (C=O) groups is 2. The summed E-state index contributed by atoms with van der Waals surface area (Å²) in [6.07, 6.45) is 4.99. The van der Waals surface area contributed by atoms with Gasteiger partial charge in [-0.05, 0) is 60.7 Å². The van der Waals surface area contributed by atoms with Crippen LogP contribution in [0.2, 0.25) is 5.02 Å². The van der Waals surface area contributed by atoms with Crippen molar-refractivity contribution >= 4 is 29.0 Å². The maximum absolute atomic E-state index is 14.8. The second-order valence-corrected chi connectivity index (χ2v) is 9.06. The Kier molecular flexibility index (Phi) is 5.33. The average Bonchev–Trinajstić information content (AvgIpc) is 3.58. The summed E-state index contributed by atoms with van der Waals surface area (Å²) >= 11 is 6.23. The molecule has 0 spiro atoms. The van der Waals surface area contributed by atoms with Crippen molar-refractivity contribution in [1.82, 2.24) is 9.78 Å². The fourth-order valence-electron chi connectivity index (χ4n) is 4.35. The molecule has 32 heavy (non-hydrogen) atoms. The summed E-state index contributed by atoms with van der Waals surface area (Å²) in [5.74, 6) is -0.359. The lowest BCUT2D eigenvalue weighted by Gasteiger charge is -2.23. The summed E-state index contributed by atoms with van der Waals surface area (Å²) in [5, 5.41) is 4.93. The van der Waals surface area contributed by atoms with E-state index < -0.39 is 5.82 Å². The quantitative estimate of drug-likeness (QED) is 0.555. The summed E-state index contributed by atoms with van der Waals surface area (Å²) in [6.45, 7) is 0.343. The number of halogens is 2. The number of anilines is 1. The van der Waals surface area contributed by atoms with Gasteiger partial charge in [-0.2, -0.15) is 5.10 Å². The minimum absolute atomic E-state index is 0.174. The minimum Gasteiger partial charge on any atom is -0.304 e. The molecule has 0 bridgehead atoms. The molecule has 5 rings (SSSR count). The Labute approximate surface area is 190 Å². The summed E-state index contributed by atoms with van der Waals surface area (Å²) in [4.78, 5) is 27.1. The lowest BCUT2D eigenvalue weighted by atomic mass is 10.0. The molecule has 1 fully saturated rings. The van der Waals surface area contributed by atoms with Crippen LogP contribution in [0.25, 0.3) is 0 Å². The molecule has 1 aliphatic carbocycles. The highest BCUT2D eigenvalue weighted by molar-refractivity contribution is 6.30. The Bertz CT molecular complexity index is 1230. The maximum atomic E-state index is 14.8. The van der Waals surface area contributed by atoms with E-state index in [0.29, 0.717) is 36.4 Å². The zero-order valence-corrected chi connectivity index (χ0v) is 18.5. The fourth-order valence-corrected chi connectivity index (χ4v) is 4.55. The molecule has 2 heterocycles. The van der Waals surface area contributed by atoms with Gasteiger partial charge in [-0.1, -0.05) is 17.7 Å². The van der Waals surface area contributed by atoms with Crippen LogP contribution in [0, 0.1) is 11.7 Å². The predicted molar refractivity (Wildman–Crippen MR) is 120 cm³/mol. The molecule has 0 saturated heterocycles. The summed E-state index contributed by atoms with van der Waals surface area (Å²) in [7, 11) is 1.88. The first-order valence-corrected chi connectivity index (χ1v) is 11.2. The lowest BCUT2D eigenvalue weighted by Crippen LogP contribution is -2.30. The Balaban J connectivity index is 1.44. The number of aromatic nitrogens is 2. The van der Waals surface area contributed by atoms with Crippen LogP contribution in [0.4, 0.5) is 10.1 Å².